The zero-order valence-electron chi connectivity index (χ0n) is 5.23. The van der Waals surface area contributed by atoms with Crippen molar-refractivity contribution in [3.05, 3.63) is 12.7 Å². The van der Waals surface area contributed by atoms with Gasteiger partial charge in [-0.2, -0.15) is 8.90 Å². The summed E-state index contributed by atoms with van der Waals surface area (Å²) in [5.41, 5.74) is 0. The van der Waals surface area contributed by atoms with Crippen molar-refractivity contribution in [1.29, 1.82) is 0 Å². The minimum Gasteiger partial charge on any atom is -0.192 e. The van der Waals surface area contributed by atoms with E-state index in [4.69, 9.17) is 0 Å². The summed E-state index contributed by atoms with van der Waals surface area (Å²) in [7, 11) is 0.187. The lowest BCUT2D eigenvalue weighted by molar-refractivity contribution is 0.812. The Kier molecular flexibility index (Phi) is 1.53. The molecule has 0 radical (unpaired) electrons. The van der Waals surface area contributed by atoms with Gasteiger partial charge in [0.1, 0.15) is 21.5 Å². The van der Waals surface area contributed by atoms with E-state index in [2.05, 4.69) is 31.1 Å². The van der Waals surface area contributed by atoms with Crippen molar-refractivity contribution in [2.75, 3.05) is 0 Å². The summed E-state index contributed by atoms with van der Waals surface area (Å²) in [6, 6.07) is 0. The standard InChI is InChI=1S/C2H3N8P/c1-3-5-7-9(1)11-10-2-4-6-8-10/h1-2,11H. The largest absolute Gasteiger partial charge is 0.192 e. The first-order valence-corrected chi connectivity index (χ1v) is 3.57. The fraction of sp³-hybridized carbons (Fsp3) is 0. The predicted molar refractivity (Wildman–Crippen MR) is 34.7 cm³/mol. The highest BCUT2D eigenvalue weighted by Gasteiger charge is 1.94. The fourth-order valence-electron chi connectivity index (χ4n) is 0.519. The Morgan fingerprint density at radius 1 is 0.909 bits per heavy atom. The second-order valence-corrected chi connectivity index (χ2v) is 2.73. The maximum Gasteiger partial charge on any atom is 0.144 e. The molecule has 0 bridgehead atoms. The maximum atomic E-state index is 3.64. The summed E-state index contributed by atoms with van der Waals surface area (Å²) in [4.78, 5) is 0. The third kappa shape index (κ3) is 1.35. The molecule has 0 aliphatic rings. The van der Waals surface area contributed by atoms with E-state index in [1.54, 1.807) is 0 Å². The first kappa shape index (κ1) is 6.29. The molecule has 2 rings (SSSR count). The Hall–Kier alpha value is -1.43. The number of rotatable bonds is 2. The van der Waals surface area contributed by atoms with Crippen molar-refractivity contribution in [2.45, 2.75) is 0 Å². The van der Waals surface area contributed by atoms with Gasteiger partial charge in [-0.25, -0.2) is 0 Å². The van der Waals surface area contributed by atoms with Gasteiger partial charge in [-0.3, -0.25) is 0 Å². The van der Waals surface area contributed by atoms with Gasteiger partial charge in [0.2, 0.25) is 0 Å². The zero-order valence-corrected chi connectivity index (χ0v) is 6.23. The van der Waals surface area contributed by atoms with Crippen LogP contribution in [0.3, 0.4) is 0 Å². The number of tetrazole rings is 2. The molecule has 0 spiro atoms. The van der Waals surface area contributed by atoms with E-state index >= 15 is 0 Å². The van der Waals surface area contributed by atoms with E-state index in [-0.39, 0.29) is 8.88 Å². The van der Waals surface area contributed by atoms with Crippen molar-refractivity contribution < 1.29 is 0 Å². The second-order valence-electron chi connectivity index (χ2n) is 1.61. The normalized spacial score (nSPS) is 10.2. The molecular weight excluding hydrogens is 167 g/mol. The molecule has 0 atom stereocenters. The minimum absolute atomic E-state index is 0.187. The Labute approximate surface area is 62.5 Å². The summed E-state index contributed by atoms with van der Waals surface area (Å²) in [5.74, 6) is 0. The summed E-state index contributed by atoms with van der Waals surface area (Å²) in [6.45, 7) is 0. The Morgan fingerprint density at radius 3 is 1.82 bits per heavy atom. The third-order valence-electron chi connectivity index (χ3n) is 0.903. The molecule has 0 N–H and O–H groups in total. The monoisotopic (exact) mass is 170 g/mol. The quantitative estimate of drug-likeness (QED) is 0.513. The molecule has 9 heteroatoms. The van der Waals surface area contributed by atoms with Gasteiger partial charge in [-0.1, -0.05) is 0 Å². The molecule has 0 saturated carbocycles. The summed E-state index contributed by atoms with van der Waals surface area (Å²) < 4.78 is 3.08. The minimum atomic E-state index is 0.187. The molecule has 2 aromatic rings. The number of hydrogen-bond acceptors (Lipinski definition) is 6. The molecule has 0 aliphatic heterocycles. The Balaban J connectivity index is 2.14. The highest BCUT2D eigenvalue weighted by Crippen LogP contribution is 2.09. The van der Waals surface area contributed by atoms with E-state index in [1.165, 1.54) is 21.6 Å². The predicted octanol–water partition coefficient (Wildman–Crippen LogP) is -1.44. The summed E-state index contributed by atoms with van der Waals surface area (Å²) >= 11 is 0. The van der Waals surface area contributed by atoms with Crippen molar-refractivity contribution in [3.8, 4) is 0 Å². The van der Waals surface area contributed by atoms with Gasteiger partial charge >= 0.3 is 0 Å². The van der Waals surface area contributed by atoms with E-state index < -0.39 is 0 Å². The lowest BCUT2D eigenvalue weighted by Crippen LogP contribution is -1.92. The maximum absolute atomic E-state index is 3.64. The van der Waals surface area contributed by atoms with Gasteiger partial charge in [0.25, 0.3) is 0 Å². The van der Waals surface area contributed by atoms with Crippen LogP contribution in [0.4, 0.5) is 0 Å². The number of nitrogens with zero attached hydrogens (tertiary/aromatic N) is 8. The van der Waals surface area contributed by atoms with Crippen LogP contribution in [0, 0.1) is 0 Å². The highest BCUT2D eigenvalue weighted by molar-refractivity contribution is 7.34. The zero-order chi connectivity index (χ0) is 7.52. The van der Waals surface area contributed by atoms with Crippen LogP contribution < -0.4 is 0 Å². The third-order valence-corrected chi connectivity index (χ3v) is 1.72. The molecule has 56 valence electrons. The smallest absolute Gasteiger partial charge is 0.144 e. The van der Waals surface area contributed by atoms with Crippen LogP contribution in [-0.4, -0.2) is 40.0 Å². The molecule has 0 unspecified atom stereocenters. The van der Waals surface area contributed by atoms with E-state index in [1.807, 2.05) is 0 Å². The van der Waals surface area contributed by atoms with Crippen LogP contribution in [0.2, 0.25) is 0 Å². The van der Waals surface area contributed by atoms with E-state index in [9.17, 15) is 0 Å². The number of hydrogen-bond donors (Lipinski definition) is 0. The molecule has 0 amide bonds. The molecule has 2 aromatic heterocycles. The van der Waals surface area contributed by atoms with Crippen LogP contribution >= 0.6 is 8.88 Å². The average Bonchev–Trinajstić information content (AvgIpc) is 2.60. The molecule has 2 heterocycles. The highest BCUT2D eigenvalue weighted by atomic mass is 31.1. The Morgan fingerprint density at radius 2 is 1.45 bits per heavy atom. The molecule has 11 heavy (non-hydrogen) atoms. The lowest BCUT2D eigenvalue weighted by atomic mass is 11.4. The Bertz CT molecular complexity index is 264. The van der Waals surface area contributed by atoms with Gasteiger partial charge < -0.3 is 0 Å². The van der Waals surface area contributed by atoms with Crippen molar-refractivity contribution in [2.24, 2.45) is 0 Å². The first-order valence-electron chi connectivity index (χ1n) is 2.68. The van der Waals surface area contributed by atoms with Gasteiger partial charge in [0.05, 0.1) is 0 Å². The average molecular weight is 170 g/mol. The van der Waals surface area contributed by atoms with Crippen molar-refractivity contribution in [1.82, 2.24) is 40.0 Å². The molecule has 0 saturated heterocycles. The molecular formula is C2H3N8P. The summed E-state index contributed by atoms with van der Waals surface area (Å²) in [5, 5.41) is 21.1. The molecule has 0 fully saturated rings. The molecule has 8 nitrogen and oxygen atoms in total. The van der Waals surface area contributed by atoms with Gasteiger partial charge in [-0.15, -0.1) is 10.2 Å². The molecule has 0 aliphatic carbocycles. The van der Waals surface area contributed by atoms with Crippen LogP contribution in [0.5, 0.6) is 0 Å². The number of aromatic nitrogens is 8. The van der Waals surface area contributed by atoms with Crippen molar-refractivity contribution in [3.63, 3.8) is 0 Å². The van der Waals surface area contributed by atoms with E-state index in [0.29, 0.717) is 0 Å². The van der Waals surface area contributed by atoms with Gasteiger partial charge in [0, 0.05) is 0 Å². The lowest BCUT2D eigenvalue weighted by Gasteiger charge is -1.93. The van der Waals surface area contributed by atoms with Crippen LogP contribution in [-0.2, 0) is 0 Å². The second kappa shape index (κ2) is 2.67. The van der Waals surface area contributed by atoms with E-state index in [0.717, 1.165) is 0 Å². The molecule has 0 aromatic carbocycles. The van der Waals surface area contributed by atoms with Crippen LogP contribution in [0.25, 0.3) is 0 Å². The summed E-state index contributed by atoms with van der Waals surface area (Å²) in [6.07, 6.45) is 3.00. The van der Waals surface area contributed by atoms with Crippen LogP contribution in [0.15, 0.2) is 12.7 Å². The first-order chi connectivity index (χ1) is 5.45. The van der Waals surface area contributed by atoms with Crippen molar-refractivity contribution >= 4 is 8.88 Å². The topological polar surface area (TPSA) is 87.2 Å². The SMILES string of the molecule is c1nnnn1Pn1cnnn1. The van der Waals surface area contributed by atoms with Gasteiger partial charge in [0.15, 0.2) is 0 Å². The fourth-order valence-corrected chi connectivity index (χ4v) is 1.10. The van der Waals surface area contributed by atoms with Crippen LogP contribution in [0.1, 0.15) is 0 Å². The van der Waals surface area contributed by atoms with Gasteiger partial charge in [-0.05, 0) is 20.9 Å².